The molecule has 0 saturated heterocycles. The number of hydrogen-bond acceptors (Lipinski definition) is 5. The summed E-state index contributed by atoms with van der Waals surface area (Å²) in [7, 11) is 0. The van der Waals surface area contributed by atoms with Crippen LogP contribution in [0.15, 0.2) is 102 Å². The van der Waals surface area contributed by atoms with E-state index >= 15 is 0 Å². The maximum Gasteiger partial charge on any atom is 0.322 e. The fraction of sp³-hybridized carbons (Fsp3) is 0.242. The minimum absolute atomic E-state index is 0.125. The van der Waals surface area contributed by atoms with Crippen LogP contribution in [0.5, 0.6) is 0 Å². The van der Waals surface area contributed by atoms with E-state index < -0.39 is 0 Å². The third-order valence-corrected chi connectivity index (χ3v) is 6.62. The molecule has 7 heteroatoms. The molecule has 40 heavy (non-hydrogen) atoms. The molecule has 0 aliphatic heterocycles. The van der Waals surface area contributed by atoms with E-state index in [1.807, 2.05) is 84.0 Å². The number of nitrogens with one attached hydrogen (secondary N) is 1. The summed E-state index contributed by atoms with van der Waals surface area (Å²) in [6, 6.07) is 27.3. The van der Waals surface area contributed by atoms with Crippen molar-refractivity contribution in [1.29, 1.82) is 5.26 Å². The molecule has 0 radical (unpaired) electrons. The Hall–Kier alpha value is -4.83. The van der Waals surface area contributed by atoms with Gasteiger partial charge < -0.3 is 5.32 Å². The summed E-state index contributed by atoms with van der Waals surface area (Å²) < 4.78 is 0. The van der Waals surface area contributed by atoms with E-state index in [0.717, 1.165) is 48.1 Å². The van der Waals surface area contributed by atoms with Crippen molar-refractivity contribution in [2.24, 2.45) is 10.9 Å². The quantitative estimate of drug-likeness (QED) is 0.194. The number of aliphatic imine (C=N–C) groups is 1. The zero-order valence-corrected chi connectivity index (χ0v) is 22.8. The molecule has 202 valence electrons. The second kappa shape index (κ2) is 14.9. The standard InChI is InChI=1S/C33H34N6O/c1-2-8-26(22-36-32-18-13-28(21-34)24-37-32)11-7-20-39(33(40)38-23-27-9-4-3-5-10-27)31-16-14-29(15-17-31)30-12-6-19-35-25-30/h3-6,9-10,12-19,22,24-26H,2,7-8,11,20,23H2,1H3,(H,38,40). The van der Waals surface area contributed by atoms with E-state index in [1.54, 1.807) is 18.3 Å². The number of pyridine rings is 2. The number of urea groups is 1. The highest BCUT2D eigenvalue weighted by molar-refractivity contribution is 5.92. The molecule has 0 saturated carbocycles. The number of anilines is 1. The maximum atomic E-state index is 13.4. The van der Waals surface area contributed by atoms with Gasteiger partial charge in [0.1, 0.15) is 6.07 Å². The van der Waals surface area contributed by atoms with Crippen molar-refractivity contribution in [3.05, 3.63) is 109 Å². The fourth-order valence-corrected chi connectivity index (χ4v) is 4.47. The predicted octanol–water partition coefficient (Wildman–Crippen LogP) is 7.33. The number of carbonyl (C=O) groups is 1. The van der Waals surface area contributed by atoms with Crippen molar-refractivity contribution in [1.82, 2.24) is 15.3 Å². The van der Waals surface area contributed by atoms with Gasteiger partial charge in [0.05, 0.1) is 5.56 Å². The molecule has 2 amide bonds. The first-order valence-corrected chi connectivity index (χ1v) is 13.7. The van der Waals surface area contributed by atoms with Gasteiger partial charge in [0, 0.05) is 43.6 Å². The third kappa shape index (κ3) is 8.34. The van der Waals surface area contributed by atoms with Gasteiger partial charge in [-0.05, 0) is 72.2 Å². The molecule has 4 aromatic rings. The summed E-state index contributed by atoms with van der Waals surface area (Å²) in [5.41, 5.74) is 4.51. The lowest BCUT2D eigenvalue weighted by atomic mass is 9.99. The molecular weight excluding hydrogens is 496 g/mol. The van der Waals surface area contributed by atoms with E-state index in [-0.39, 0.29) is 11.9 Å². The highest BCUT2D eigenvalue weighted by atomic mass is 16.2. The van der Waals surface area contributed by atoms with E-state index in [1.165, 1.54) is 6.20 Å². The van der Waals surface area contributed by atoms with Crippen molar-refractivity contribution in [3.8, 4) is 17.2 Å². The van der Waals surface area contributed by atoms with E-state index in [9.17, 15) is 4.79 Å². The maximum absolute atomic E-state index is 13.4. The number of hydrogen-bond donors (Lipinski definition) is 1. The molecule has 0 aliphatic rings. The Morgan fingerprint density at radius 3 is 2.50 bits per heavy atom. The van der Waals surface area contributed by atoms with Crippen molar-refractivity contribution in [2.45, 2.75) is 39.2 Å². The number of rotatable bonds is 12. The van der Waals surface area contributed by atoms with Gasteiger partial charge in [0.2, 0.25) is 0 Å². The molecule has 2 heterocycles. The molecule has 1 N–H and O–H groups in total. The first-order chi connectivity index (χ1) is 19.7. The lowest BCUT2D eigenvalue weighted by molar-refractivity contribution is 0.245. The average Bonchev–Trinajstić information content (AvgIpc) is 3.02. The molecule has 2 aromatic carbocycles. The van der Waals surface area contributed by atoms with Gasteiger partial charge in [-0.1, -0.05) is 61.9 Å². The normalized spacial score (nSPS) is 11.6. The molecule has 1 atom stereocenters. The van der Waals surface area contributed by atoms with Crippen LogP contribution >= 0.6 is 0 Å². The van der Waals surface area contributed by atoms with Crippen LogP contribution in [-0.2, 0) is 6.54 Å². The molecule has 1 unspecified atom stereocenters. The van der Waals surface area contributed by atoms with Crippen LogP contribution < -0.4 is 10.2 Å². The van der Waals surface area contributed by atoms with Crippen LogP contribution in [0.3, 0.4) is 0 Å². The topological polar surface area (TPSA) is 94.3 Å². The molecule has 7 nitrogen and oxygen atoms in total. The summed E-state index contributed by atoms with van der Waals surface area (Å²) >= 11 is 0. The minimum Gasteiger partial charge on any atom is -0.334 e. The Balaban J connectivity index is 1.44. The Kier molecular flexibility index (Phi) is 10.5. The highest BCUT2D eigenvalue weighted by Crippen LogP contribution is 2.24. The Morgan fingerprint density at radius 1 is 1.00 bits per heavy atom. The van der Waals surface area contributed by atoms with Crippen molar-refractivity contribution >= 4 is 23.8 Å². The van der Waals surface area contributed by atoms with E-state index in [0.29, 0.717) is 24.5 Å². The molecular formula is C33H34N6O. The number of benzene rings is 2. The summed E-state index contributed by atoms with van der Waals surface area (Å²) in [5.74, 6) is 0.861. The average molecular weight is 531 g/mol. The molecule has 2 aromatic heterocycles. The zero-order valence-electron chi connectivity index (χ0n) is 22.8. The van der Waals surface area contributed by atoms with Gasteiger partial charge in [0.15, 0.2) is 5.82 Å². The van der Waals surface area contributed by atoms with Crippen molar-refractivity contribution in [3.63, 3.8) is 0 Å². The molecule has 0 fully saturated rings. The summed E-state index contributed by atoms with van der Waals surface area (Å²) in [6.45, 7) is 3.20. The fourth-order valence-electron chi connectivity index (χ4n) is 4.47. The highest BCUT2D eigenvalue weighted by Gasteiger charge is 2.17. The lowest BCUT2D eigenvalue weighted by Crippen LogP contribution is -2.40. The van der Waals surface area contributed by atoms with E-state index in [4.69, 9.17) is 5.26 Å². The number of aromatic nitrogens is 2. The van der Waals surface area contributed by atoms with E-state index in [2.05, 4.69) is 33.3 Å². The minimum atomic E-state index is -0.125. The Labute approximate surface area is 236 Å². The molecule has 0 spiro atoms. The number of amides is 2. The van der Waals surface area contributed by atoms with Gasteiger partial charge in [-0.25, -0.2) is 14.8 Å². The van der Waals surface area contributed by atoms with Crippen molar-refractivity contribution < 1.29 is 4.79 Å². The third-order valence-electron chi connectivity index (χ3n) is 6.62. The molecule has 0 bridgehead atoms. The largest absolute Gasteiger partial charge is 0.334 e. The predicted molar refractivity (Wildman–Crippen MR) is 160 cm³/mol. The number of nitrogens with zero attached hydrogens (tertiary/aromatic N) is 5. The number of carbonyl (C=O) groups excluding carboxylic acids is 1. The first-order valence-electron chi connectivity index (χ1n) is 13.7. The smallest absolute Gasteiger partial charge is 0.322 e. The van der Waals surface area contributed by atoms with Crippen LogP contribution in [0, 0.1) is 17.2 Å². The summed E-state index contributed by atoms with van der Waals surface area (Å²) in [5, 5.41) is 12.1. The summed E-state index contributed by atoms with van der Waals surface area (Å²) in [6.07, 6.45) is 10.8. The lowest BCUT2D eigenvalue weighted by Gasteiger charge is -2.24. The van der Waals surface area contributed by atoms with Gasteiger partial charge in [0.25, 0.3) is 0 Å². The summed E-state index contributed by atoms with van der Waals surface area (Å²) in [4.78, 5) is 28.2. The van der Waals surface area contributed by atoms with Crippen LogP contribution in [-0.4, -0.2) is 28.8 Å². The van der Waals surface area contributed by atoms with Crippen LogP contribution in [0.2, 0.25) is 0 Å². The van der Waals surface area contributed by atoms with Crippen molar-refractivity contribution in [2.75, 3.05) is 11.4 Å². The van der Waals surface area contributed by atoms with Gasteiger partial charge >= 0.3 is 6.03 Å². The first kappa shape index (κ1) is 28.2. The number of nitriles is 1. The monoisotopic (exact) mass is 530 g/mol. The van der Waals surface area contributed by atoms with Crippen LogP contribution in [0.4, 0.5) is 16.3 Å². The zero-order chi connectivity index (χ0) is 28.0. The Morgan fingerprint density at radius 2 is 1.82 bits per heavy atom. The molecule has 0 aliphatic carbocycles. The molecule has 4 rings (SSSR count). The van der Waals surface area contributed by atoms with Gasteiger partial charge in [-0.15, -0.1) is 0 Å². The Bertz CT molecular complexity index is 1400. The van der Waals surface area contributed by atoms with Crippen LogP contribution in [0.1, 0.15) is 43.7 Å². The van der Waals surface area contributed by atoms with Gasteiger partial charge in [-0.3, -0.25) is 9.88 Å². The van der Waals surface area contributed by atoms with Gasteiger partial charge in [-0.2, -0.15) is 5.26 Å². The second-order valence-electron chi connectivity index (χ2n) is 9.57. The van der Waals surface area contributed by atoms with Crippen LogP contribution in [0.25, 0.3) is 11.1 Å². The second-order valence-corrected chi connectivity index (χ2v) is 9.57. The SMILES string of the molecule is CCCC(C=Nc1ccc(C#N)cn1)CCCN(C(=O)NCc1ccccc1)c1ccc(-c2cccnc2)cc1.